The second kappa shape index (κ2) is 5.53. The topological polar surface area (TPSA) is 49.3 Å². The van der Waals surface area contributed by atoms with Gasteiger partial charge in [0.15, 0.2) is 0 Å². The summed E-state index contributed by atoms with van der Waals surface area (Å²) in [5.74, 6) is -0.184. The minimum absolute atomic E-state index is 0.232. The van der Waals surface area contributed by atoms with Crippen molar-refractivity contribution < 1.29 is 9.90 Å². The first kappa shape index (κ1) is 14.5. The van der Waals surface area contributed by atoms with E-state index in [-0.39, 0.29) is 12.0 Å². The van der Waals surface area contributed by atoms with Crippen LogP contribution in [0, 0.1) is 5.92 Å². The molecule has 1 heterocycles. The number of anilines is 1. The number of hydrogen-bond donors (Lipinski definition) is 2. The van der Waals surface area contributed by atoms with Gasteiger partial charge in [0.25, 0.3) is 0 Å². The Kier molecular flexibility index (Phi) is 3.49. The quantitative estimate of drug-likeness (QED) is 0.734. The summed E-state index contributed by atoms with van der Waals surface area (Å²) in [5.41, 5.74) is 3.74. The number of carboxylic acid groups (broad SMARTS) is 1. The SMILES string of the molecule is O=C(O)c1ccc2c(c1)[C@H]1C=CC[C@@H]1[C@H](c1cccc(Br)c1)N2. The molecule has 116 valence electrons. The number of fused-ring (bicyclic) bond motifs is 3. The number of allylic oxidation sites excluding steroid dienone is 2. The van der Waals surface area contributed by atoms with Crippen LogP contribution in [-0.4, -0.2) is 11.1 Å². The van der Waals surface area contributed by atoms with Gasteiger partial charge in [-0.05, 0) is 53.8 Å². The fourth-order valence-corrected chi connectivity index (χ4v) is 4.17. The molecule has 2 aromatic rings. The van der Waals surface area contributed by atoms with Crippen LogP contribution in [-0.2, 0) is 0 Å². The molecule has 4 rings (SSSR count). The molecular formula is C19H16BrNO2. The zero-order valence-electron chi connectivity index (χ0n) is 12.4. The highest BCUT2D eigenvalue weighted by Crippen LogP contribution is 2.50. The third-order valence-electron chi connectivity index (χ3n) is 4.82. The Labute approximate surface area is 143 Å². The van der Waals surface area contributed by atoms with Crippen molar-refractivity contribution in [2.45, 2.75) is 18.4 Å². The van der Waals surface area contributed by atoms with E-state index in [1.807, 2.05) is 18.2 Å². The molecule has 23 heavy (non-hydrogen) atoms. The van der Waals surface area contributed by atoms with E-state index in [4.69, 9.17) is 0 Å². The lowest BCUT2D eigenvalue weighted by Crippen LogP contribution is -2.29. The summed E-state index contributed by atoms with van der Waals surface area (Å²) >= 11 is 3.55. The number of rotatable bonds is 2. The number of nitrogens with one attached hydrogen (secondary N) is 1. The largest absolute Gasteiger partial charge is 0.478 e. The average molecular weight is 370 g/mol. The fraction of sp³-hybridized carbons (Fsp3) is 0.211. The molecule has 0 amide bonds. The van der Waals surface area contributed by atoms with Crippen LogP contribution in [0.1, 0.15) is 39.9 Å². The number of benzene rings is 2. The molecule has 2 aliphatic rings. The number of halogens is 1. The maximum atomic E-state index is 11.3. The molecule has 1 aliphatic heterocycles. The first-order chi connectivity index (χ1) is 11.1. The molecule has 0 unspecified atom stereocenters. The van der Waals surface area contributed by atoms with Crippen molar-refractivity contribution in [2.24, 2.45) is 5.92 Å². The second-order valence-corrected chi connectivity index (χ2v) is 7.05. The van der Waals surface area contributed by atoms with Gasteiger partial charge >= 0.3 is 5.97 Å². The first-order valence-corrected chi connectivity index (χ1v) is 8.48. The molecule has 0 spiro atoms. The predicted octanol–water partition coefficient (Wildman–Crippen LogP) is 4.97. The molecule has 0 bridgehead atoms. The molecule has 1 aliphatic carbocycles. The summed E-state index contributed by atoms with van der Waals surface area (Å²) in [5, 5.41) is 12.9. The van der Waals surface area contributed by atoms with Gasteiger partial charge in [0.05, 0.1) is 11.6 Å². The highest BCUT2D eigenvalue weighted by Gasteiger charge is 2.38. The highest BCUT2D eigenvalue weighted by molar-refractivity contribution is 9.10. The van der Waals surface area contributed by atoms with E-state index in [1.54, 1.807) is 6.07 Å². The van der Waals surface area contributed by atoms with E-state index in [1.165, 1.54) is 5.56 Å². The van der Waals surface area contributed by atoms with E-state index < -0.39 is 5.97 Å². The Morgan fingerprint density at radius 1 is 1.22 bits per heavy atom. The summed E-state index contributed by atoms with van der Waals surface area (Å²) in [6.07, 6.45) is 5.44. The van der Waals surface area contributed by atoms with Gasteiger partial charge in [0, 0.05) is 16.1 Å². The summed E-state index contributed by atoms with van der Waals surface area (Å²) in [6, 6.07) is 14.0. The molecule has 0 saturated carbocycles. The van der Waals surface area contributed by atoms with Crippen LogP contribution in [0.2, 0.25) is 0 Å². The van der Waals surface area contributed by atoms with Crippen molar-refractivity contribution in [3.63, 3.8) is 0 Å². The lowest BCUT2D eigenvalue weighted by molar-refractivity contribution is 0.0696. The van der Waals surface area contributed by atoms with Crippen molar-refractivity contribution >= 4 is 27.6 Å². The smallest absolute Gasteiger partial charge is 0.335 e. The summed E-state index contributed by atoms with van der Waals surface area (Å²) < 4.78 is 1.08. The Morgan fingerprint density at radius 2 is 2.09 bits per heavy atom. The van der Waals surface area contributed by atoms with Crippen molar-refractivity contribution in [2.75, 3.05) is 5.32 Å². The van der Waals surface area contributed by atoms with E-state index in [9.17, 15) is 9.90 Å². The Balaban J connectivity index is 1.79. The number of carbonyl (C=O) groups is 1. The van der Waals surface area contributed by atoms with Gasteiger partial charge in [-0.25, -0.2) is 4.79 Å². The van der Waals surface area contributed by atoms with Gasteiger partial charge in [-0.2, -0.15) is 0 Å². The Bertz CT molecular complexity index is 815. The zero-order valence-corrected chi connectivity index (χ0v) is 14.0. The Hall–Kier alpha value is -2.07. The van der Waals surface area contributed by atoms with Crippen LogP contribution in [0.4, 0.5) is 5.69 Å². The van der Waals surface area contributed by atoms with Gasteiger partial charge < -0.3 is 10.4 Å². The molecule has 0 fully saturated rings. The van der Waals surface area contributed by atoms with E-state index >= 15 is 0 Å². The molecule has 0 radical (unpaired) electrons. The monoisotopic (exact) mass is 369 g/mol. The van der Waals surface area contributed by atoms with Gasteiger partial charge in [-0.3, -0.25) is 0 Å². The fourth-order valence-electron chi connectivity index (χ4n) is 3.76. The van der Waals surface area contributed by atoms with Crippen LogP contribution in [0.5, 0.6) is 0 Å². The summed E-state index contributed by atoms with van der Waals surface area (Å²) in [6.45, 7) is 0. The van der Waals surface area contributed by atoms with E-state index in [0.717, 1.165) is 22.1 Å². The van der Waals surface area contributed by atoms with E-state index in [0.29, 0.717) is 11.5 Å². The van der Waals surface area contributed by atoms with Gasteiger partial charge in [-0.1, -0.05) is 40.2 Å². The maximum Gasteiger partial charge on any atom is 0.335 e. The normalized spacial score (nSPS) is 24.7. The highest BCUT2D eigenvalue weighted by atomic mass is 79.9. The zero-order chi connectivity index (χ0) is 16.0. The molecule has 0 aromatic heterocycles. The van der Waals surface area contributed by atoms with Crippen LogP contribution in [0.15, 0.2) is 59.1 Å². The van der Waals surface area contributed by atoms with Crippen molar-refractivity contribution in [1.82, 2.24) is 0 Å². The standard InChI is InChI=1S/C19H16BrNO2/c20-13-4-1-3-11(9-13)18-15-6-2-5-14(15)16-10-12(19(22)23)7-8-17(16)21-18/h1-5,7-10,14-15,18,21H,6H2,(H,22,23)/t14-,15-,18-/m0/s1. The molecule has 0 saturated heterocycles. The average Bonchev–Trinajstić information content (AvgIpc) is 3.03. The number of hydrogen-bond acceptors (Lipinski definition) is 2. The molecule has 4 heteroatoms. The van der Waals surface area contributed by atoms with Crippen molar-refractivity contribution in [3.8, 4) is 0 Å². The molecule has 2 aromatic carbocycles. The minimum atomic E-state index is -0.875. The van der Waals surface area contributed by atoms with Crippen LogP contribution in [0.3, 0.4) is 0 Å². The molecule has 2 N–H and O–H groups in total. The second-order valence-electron chi connectivity index (χ2n) is 6.14. The number of aromatic carboxylic acids is 1. The first-order valence-electron chi connectivity index (χ1n) is 7.69. The third kappa shape index (κ3) is 2.47. The van der Waals surface area contributed by atoms with Crippen LogP contribution in [0.25, 0.3) is 0 Å². The predicted molar refractivity (Wildman–Crippen MR) is 93.9 cm³/mol. The number of carboxylic acids is 1. The lowest BCUT2D eigenvalue weighted by Gasteiger charge is -2.37. The Morgan fingerprint density at radius 3 is 2.87 bits per heavy atom. The minimum Gasteiger partial charge on any atom is -0.478 e. The van der Waals surface area contributed by atoms with Gasteiger partial charge in [0.2, 0.25) is 0 Å². The third-order valence-corrected chi connectivity index (χ3v) is 5.31. The van der Waals surface area contributed by atoms with Gasteiger partial charge in [0.1, 0.15) is 0 Å². The molecule has 3 nitrogen and oxygen atoms in total. The van der Waals surface area contributed by atoms with Crippen LogP contribution < -0.4 is 5.32 Å². The lowest BCUT2D eigenvalue weighted by atomic mass is 9.76. The maximum absolute atomic E-state index is 11.3. The van der Waals surface area contributed by atoms with Gasteiger partial charge in [-0.15, -0.1) is 0 Å². The molecular weight excluding hydrogens is 354 g/mol. The summed E-state index contributed by atoms with van der Waals surface area (Å²) in [4.78, 5) is 11.3. The van der Waals surface area contributed by atoms with Crippen LogP contribution >= 0.6 is 15.9 Å². The van der Waals surface area contributed by atoms with E-state index in [2.05, 4.69) is 51.6 Å². The molecule has 3 atom stereocenters. The summed E-state index contributed by atoms with van der Waals surface area (Å²) in [7, 11) is 0. The van der Waals surface area contributed by atoms with Crippen molar-refractivity contribution in [3.05, 3.63) is 75.8 Å². The van der Waals surface area contributed by atoms with Crippen molar-refractivity contribution in [1.29, 1.82) is 0 Å².